The van der Waals surface area contributed by atoms with E-state index in [4.69, 9.17) is 9.47 Å². The highest BCUT2D eigenvalue weighted by atomic mass is 16.5. The number of methoxy groups -OCH3 is 1. The Morgan fingerprint density at radius 1 is 1.37 bits per heavy atom. The van der Waals surface area contributed by atoms with Gasteiger partial charge in [0.2, 0.25) is 0 Å². The Bertz CT molecular complexity index is 537. The fraction of sp³-hybridized carbons (Fsp3) is 0.357. The lowest BCUT2D eigenvalue weighted by atomic mass is 10.2. The maximum Gasteiger partial charge on any atom is 0.166 e. The number of nitrogens with one attached hydrogen (secondary N) is 1. The van der Waals surface area contributed by atoms with E-state index in [9.17, 15) is 0 Å². The van der Waals surface area contributed by atoms with Gasteiger partial charge in [0, 0.05) is 31.5 Å². The molecule has 0 unspecified atom stereocenters. The molecule has 0 bridgehead atoms. The molecule has 102 valence electrons. The molecule has 0 aliphatic heterocycles. The zero-order chi connectivity index (χ0) is 13.7. The number of ether oxygens (including phenoxy) is 2. The van der Waals surface area contributed by atoms with E-state index in [1.807, 2.05) is 43.1 Å². The maximum absolute atomic E-state index is 5.89. The van der Waals surface area contributed by atoms with Crippen LogP contribution in [-0.2, 0) is 20.2 Å². The third-order valence-corrected chi connectivity index (χ3v) is 2.91. The van der Waals surface area contributed by atoms with Crippen molar-refractivity contribution in [2.45, 2.75) is 13.2 Å². The van der Waals surface area contributed by atoms with E-state index in [1.54, 1.807) is 13.3 Å². The summed E-state index contributed by atoms with van der Waals surface area (Å²) >= 11 is 0. The summed E-state index contributed by atoms with van der Waals surface area (Å²) in [4.78, 5) is 4.24. The number of aromatic nitrogens is 2. The van der Waals surface area contributed by atoms with Gasteiger partial charge in [0.15, 0.2) is 11.5 Å². The first-order chi connectivity index (χ1) is 9.26. The van der Waals surface area contributed by atoms with E-state index in [0.717, 1.165) is 29.4 Å². The van der Waals surface area contributed by atoms with Crippen LogP contribution in [0, 0.1) is 0 Å². The molecule has 0 saturated heterocycles. The smallest absolute Gasteiger partial charge is 0.166 e. The summed E-state index contributed by atoms with van der Waals surface area (Å²) in [5.74, 6) is 2.38. The van der Waals surface area contributed by atoms with Gasteiger partial charge < -0.3 is 19.4 Å². The Balaban J connectivity index is 2.20. The molecule has 0 atom stereocenters. The Morgan fingerprint density at radius 3 is 2.84 bits per heavy atom. The Labute approximate surface area is 113 Å². The van der Waals surface area contributed by atoms with E-state index in [-0.39, 0.29) is 0 Å². The predicted molar refractivity (Wildman–Crippen MR) is 73.3 cm³/mol. The van der Waals surface area contributed by atoms with Gasteiger partial charge in [-0.25, -0.2) is 4.98 Å². The summed E-state index contributed by atoms with van der Waals surface area (Å²) < 4.78 is 13.2. The highest BCUT2D eigenvalue weighted by Crippen LogP contribution is 2.31. The monoisotopic (exact) mass is 261 g/mol. The van der Waals surface area contributed by atoms with Crippen LogP contribution in [0.3, 0.4) is 0 Å². The van der Waals surface area contributed by atoms with Crippen molar-refractivity contribution in [1.82, 2.24) is 14.9 Å². The number of aryl methyl sites for hydroxylation is 1. The van der Waals surface area contributed by atoms with Crippen molar-refractivity contribution in [3.63, 3.8) is 0 Å². The molecule has 1 aromatic heterocycles. The minimum absolute atomic E-state index is 0.417. The topological polar surface area (TPSA) is 48.3 Å². The Hall–Kier alpha value is -2.01. The molecule has 0 aliphatic carbocycles. The summed E-state index contributed by atoms with van der Waals surface area (Å²) in [5, 5.41) is 3.12. The van der Waals surface area contributed by atoms with Gasteiger partial charge in [0.25, 0.3) is 0 Å². The van der Waals surface area contributed by atoms with Crippen molar-refractivity contribution >= 4 is 0 Å². The number of rotatable bonds is 6. The molecule has 0 radical (unpaired) electrons. The van der Waals surface area contributed by atoms with Gasteiger partial charge in [-0.2, -0.15) is 0 Å². The lowest BCUT2D eigenvalue weighted by molar-refractivity contribution is 0.270. The normalized spacial score (nSPS) is 10.5. The van der Waals surface area contributed by atoms with Crippen LogP contribution in [-0.4, -0.2) is 23.7 Å². The highest BCUT2D eigenvalue weighted by Gasteiger charge is 2.11. The molecule has 1 aromatic carbocycles. The molecule has 5 nitrogen and oxygen atoms in total. The van der Waals surface area contributed by atoms with E-state index < -0.39 is 0 Å². The van der Waals surface area contributed by atoms with Crippen LogP contribution < -0.4 is 14.8 Å². The van der Waals surface area contributed by atoms with Gasteiger partial charge in [0.05, 0.1) is 7.11 Å². The molecule has 0 saturated carbocycles. The minimum atomic E-state index is 0.417. The quantitative estimate of drug-likeness (QED) is 0.860. The third kappa shape index (κ3) is 3.06. The van der Waals surface area contributed by atoms with Gasteiger partial charge in [-0.15, -0.1) is 0 Å². The number of para-hydroxylation sites is 1. The molecule has 0 amide bonds. The Morgan fingerprint density at radius 2 is 2.21 bits per heavy atom. The molecule has 19 heavy (non-hydrogen) atoms. The van der Waals surface area contributed by atoms with Crippen LogP contribution in [0.4, 0.5) is 0 Å². The second-order valence-corrected chi connectivity index (χ2v) is 4.22. The first-order valence-electron chi connectivity index (χ1n) is 6.15. The van der Waals surface area contributed by atoms with Crippen LogP contribution in [0.1, 0.15) is 11.4 Å². The SMILES string of the molecule is CNCc1cccc(OC)c1OCc1nccn1C. The van der Waals surface area contributed by atoms with Crippen molar-refractivity contribution in [2.75, 3.05) is 14.2 Å². The standard InChI is InChI=1S/C14H19N3O2/c1-15-9-11-5-4-6-12(18-3)14(11)19-10-13-16-7-8-17(13)2/h4-8,15H,9-10H2,1-3H3. The second-order valence-electron chi connectivity index (χ2n) is 4.22. The summed E-state index contributed by atoms with van der Waals surface area (Å²) in [7, 11) is 5.50. The van der Waals surface area contributed by atoms with E-state index >= 15 is 0 Å². The van der Waals surface area contributed by atoms with Crippen LogP contribution in [0.15, 0.2) is 30.6 Å². The predicted octanol–water partition coefficient (Wildman–Crippen LogP) is 1.73. The molecule has 2 aromatic rings. The van der Waals surface area contributed by atoms with E-state index in [0.29, 0.717) is 6.61 Å². The summed E-state index contributed by atoms with van der Waals surface area (Å²) in [6.45, 7) is 1.15. The van der Waals surface area contributed by atoms with Crippen LogP contribution >= 0.6 is 0 Å². The van der Waals surface area contributed by atoms with Gasteiger partial charge >= 0.3 is 0 Å². The number of benzene rings is 1. The number of nitrogens with zero attached hydrogens (tertiary/aromatic N) is 2. The average molecular weight is 261 g/mol. The fourth-order valence-electron chi connectivity index (χ4n) is 1.89. The van der Waals surface area contributed by atoms with Crippen LogP contribution in [0.2, 0.25) is 0 Å². The maximum atomic E-state index is 5.89. The molecule has 0 spiro atoms. The first kappa shape index (κ1) is 13.4. The number of hydrogen-bond donors (Lipinski definition) is 1. The molecule has 0 aliphatic rings. The van der Waals surface area contributed by atoms with Crippen molar-refractivity contribution in [1.29, 1.82) is 0 Å². The molecule has 5 heteroatoms. The van der Waals surface area contributed by atoms with Crippen LogP contribution in [0.25, 0.3) is 0 Å². The average Bonchev–Trinajstić information content (AvgIpc) is 2.83. The van der Waals surface area contributed by atoms with Crippen molar-refractivity contribution in [3.8, 4) is 11.5 Å². The van der Waals surface area contributed by atoms with Gasteiger partial charge in [-0.3, -0.25) is 0 Å². The molecule has 1 heterocycles. The fourth-order valence-corrected chi connectivity index (χ4v) is 1.89. The molecule has 2 rings (SSSR count). The molecular weight excluding hydrogens is 242 g/mol. The van der Waals surface area contributed by atoms with Crippen LogP contribution in [0.5, 0.6) is 11.5 Å². The second kappa shape index (κ2) is 6.24. The van der Waals surface area contributed by atoms with E-state index in [1.165, 1.54) is 0 Å². The summed E-state index contributed by atoms with van der Waals surface area (Å²) in [5.41, 5.74) is 1.07. The largest absolute Gasteiger partial charge is 0.493 e. The zero-order valence-electron chi connectivity index (χ0n) is 11.5. The van der Waals surface area contributed by atoms with E-state index in [2.05, 4.69) is 10.3 Å². The Kier molecular flexibility index (Phi) is 4.41. The number of imidazole rings is 1. The third-order valence-electron chi connectivity index (χ3n) is 2.91. The van der Waals surface area contributed by atoms with Gasteiger partial charge in [0.1, 0.15) is 12.4 Å². The first-order valence-corrected chi connectivity index (χ1v) is 6.15. The highest BCUT2D eigenvalue weighted by molar-refractivity contribution is 5.46. The molecule has 1 N–H and O–H groups in total. The molecule has 0 fully saturated rings. The summed E-state index contributed by atoms with van der Waals surface area (Å²) in [6.07, 6.45) is 3.66. The van der Waals surface area contributed by atoms with Crippen molar-refractivity contribution in [3.05, 3.63) is 42.0 Å². The number of hydrogen-bond acceptors (Lipinski definition) is 4. The van der Waals surface area contributed by atoms with Gasteiger partial charge in [-0.1, -0.05) is 12.1 Å². The lowest BCUT2D eigenvalue weighted by Crippen LogP contribution is -2.10. The summed E-state index contributed by atoms with van der Waals surface area (Å²) in [6, 6.07) is 5.87. The van der Waals surface area contributed by atoms with Crippen molar-refractivity contribution < 1.29 is 9.47 Å². The van der Waals surface area contributed by atoms with Gasteiger partial charge in [-0.05, 0) is 13.1 Å². The minimum Gasteiger partial charge on any atom is -0.493 e. The van der Waals surface area contributed by atoms with Crippen molar-refractivity contribution in [2.24, 2.45) is 7.05 Å². The lowest BCUT2D eigenvalue weighted by Gasteiger charge is -2.14. The zero-order valence-corrected chi connectivity index (χ0v) is 11.5. The molecular formula is C14H19N3O2.